The van der Waals surface area contributed by atoms with Crippen LogP contribution in [0.3, 0.4) is 0 Å². The predicted molar refractivity (Wildman–Crippen MR) is 90.3 cm³/mol. The summed E-state index contributed by atoms with van der Waals surface area (Å²) in [6.07, 6.45) is 0.427. The quantitative estimate of drug-likeness (QED) is 0.763. The van der Waals surface area contributed by atoms with Crippen LogP contribution in [0.25, 0.3) is 11.4 Å². The highest BCUT2D eigenvalue weighted by atomic mass is 35.5. The molecule has 0 atom stereocenters. The van der Waals surface area contributed by atoms with Crippen LogP contribution in [0.15, 0.2) is 24.3 Å². The van der Waals surface area contributed by atoms with Gasteiger partial charge in [0.2, 0.25) is 5.91 Å². The number of carbonyl (C=O) groups excluding carboxylic acids is 1. The van der Waals surface area contributed by atoms with Gasteiger partial charge in [-0.2, -0.15) is 5.10 Å². The third-order valence-corrected chi connectivity index (χ3v) is 3.09. The maximum absolute atomic E-state index is 11.9. The van der Waals surface area contributed by atoms with Gasteiger partial charge in [-0.05, 0) is 19.2 Å². The standard InChI is InChI=1S/C15H21N5O.ClH/c1-10(2)14-18-15(20-19-14)11-6-4-5-7-12(11)17-13(21)8-9-16-3;/h4-7,10,16H,8-9H2,1-3H3,(H,17,21)(H,18,19,20);1H. The highest BCUT2D eigenvalue weighted by Gasteiger charge is 2.13. The molecule has 0 fully saturated rings. The van der Waals surface area contributed by atoms with Crippen molar-refractivity contribution in [2.75, 3.05) is 18.9 Å². The topological polar surface area (TPSA) is 82.7 Å². The van der Waals surface area contributed by atoms with Gasteiger partial charge in [0.1, 0.15) is 5.82 Å². The Balaban J connectivity index is 0.00000242. The Kier molecular flexibility index (Phi) is 7.01. The fourth-order valence-corrected chi connectivity index (χ4v) is 1.89. The number of amides is 1. The molecule has 1 aromatic heterocycles. The molecule has 0 bridgehead atoms. The van der Waals surface area contributed by atoms with Crippen LogP contribution in [-0.4, -0.2) is 34.7 Å². The maximum atomic E-state index is 11.9. The average Bonchev–Trinajstić information content (AvgIpc) is 2.95. The molecule has 1 aromatic carbocycles. The van der Waals surface area contributed by atoms with Crippen molar-refractivity contribution < 1.29 is 4.79 Å². The van der Waals surface area contributed by atoms with Crippen molar-refractivity contribution in [3.05, 3.63) is 30.1 Å². The highest BCUT2D eigenvalue weighted by molar-refractivity contribution is 5.94. The van der Waals surface area contributed by atoms with E-state index in [1.165, 1.54) is 0 Å². The molecule has 1 amide bonds. The molecule has 0 spiro atoms. The molecule has 0 radical (unpaired) electrons. The first-order valence-corrected chi connectivity index (χ1v) is 7.08. The minimum atomic E-state index is -0.0311. The number of benzene rings is 1. The number of H-pyrrole nitrogens is 1. The molecule has 0 aliphatic rings. The summed E-state index contributed by atoms with van der Waals surface area (Å²) < 4.78 is 0. The second-order valence-electron chi connectivity index (χ2n) is 5.15. The minimum Gasteiger partial charge on any atom is -0.325 e. The third-order valence-electron chi connectivity index (χ3n) is 3.09. The van der Waals surface area contributed by atoms with E-state index in [1.807, 2.05) is 31.3 Å². The van der Waals surface area contributed by atoms with Gasteiger partial charge in [0.15, 0.2) is 5.82 Å². The first-order valence-electron chi connectivity index (χ1n) is 7.08. The number of carbonyl (C=O) groups is 1. The maximum Gasteiger partial charge on any atom is 0.225 e. The molecule has 22 heavy (non-hydrogen) atoms. The van der Waals surface area contributed by atoms with E-state index >= 15 is 0 Å². The lowest BCUT2D eigenvalue weighted by Crippen LogP contribution is -2.19. The highest BCUT2D eigenvalue weighted by Crippen LogP contribution is 2.25. The van der Waals surface area contributed by atoms with Crippen LogP contribution in [0.4, 0.5) is 5.69 Å². The number of aromatic amines is 1. The molecule has 120 valence electrons. The number of anilines is 1. The molecule has 2 aromatic rings. The summed E-state index contributed by atoms with van der Waals surface area (Å²) in [4.78, 5) is 16.3. The second kappa shape index (κ2) is 8.51. The summed E-state index contributed by atoms with van der Waals surface area (Å²) in [6, 6.07) is 7.55. The summed E-state index contributed by atoms with van der Waals surface area (Å²) in [5, 5.41) is 13.0. The van der Waals surface area contributed by atoms with Gasteiger partial charge in [0.25, 0.3) is 0 Å². The van der Waals surface area contributed by atoms with Crippen LogP contribution in [-0.2, 0) is 4.79 Å². The number of aromatic nitrogens is 3. The number of nitrogens with zero attached hydrogens (tertiary/aromatic N) is 2. The number of halogens is 1. The Labute approximate surface area is 136 Å². The molecule has 0 aliphatic carbocycles. The zero-order valence-electron chi connectivity index (χ0n) is 13.0. The van der Waals surface area contributed by atoms with E-state index in [0.717, 1.165) is 17.1 Å². The number of rotatable bonds is 6. The van der Waals surface area contributed by atoms with Crippen molar-refractivity contribution in [3.63, 3.8) is 0 Å². The number of hydrogen-bond acceptors (Lipinski definition) is 4. The Morgan fingerprint density at radius 2 is 2.05 bits per heavy atom. The van der Waals surface area contributed by atoms with Crippen molar-refractivity contribution in [2.24, 2.45) is 0 Å². The second-order valence-corrected chi connectivity index (χ2v) is 5.15. The van der Waals surface area contributed by atoms with Gasteiger partial charge in [-0.15, -0.1) is 12.4 Å². The zero-order valence-corrected chi connectivity index (χ0v) is 13.8. The average molecular weight is 324 g/mol. The summed E-state index contributed by atoms with van der Waals surface area (Å²) in [5.74, 6) is 1.68. The Morgan fingerprint density at radius 1 is 1.32 bits per heavy atom. The van der Waals surface area contributed by atoms with Gasteiger partial charge < -0.3 is 10.6 Å². The molecule has 0 saturated carbocycles. The van der Waals surface area contributed by atoms with Crippen molar-refractivity contribution in [1.82, 2.24) is 20.5 Å². The molecule has 0 saturated heterocycles. The summed E-state index contributed by atoms with van der Waals surface area (Å²) >= 11 is 0. The van der Waals surface area contributed by atoms with E-state index in [4.69, 9.17) is 0 Å². The fraction of sp³-hybridized carbons (Fsp3) is 0.400. The normalized spacial score (nSPS) is 10.4. The fourth-order valence-electron chi connectivity index (χ4n) is 1.89. The Hall–Kier alpha value is -1.92. The van der Waals surface area contributed by atoms with E-state index in [-0.39, 0.29) is 24.2 Å². The molecular weight excluding hydrogens is 302 g/mol. The van der Waals surface area contributed by atoms with Gasteiger partial charge in [0.05, 0.1) is 5.69 Å². The van der Waals surface area contributed by atoms with E-state index in [2.05, 4.69) is 39.7 Å². The lowest BCUT2D eigenvalue weighted by Gasteiger charge is -2.08. The molecule has 0 unspecified atom stereocenters. The molecule has 7 heteroatoms. The van der Waals surface area contributed by atoms with Gasteiger partial charge in [0, 0.05) is 24.4 Å². The first kappa shape index (κ1) is 18.1. The van der Waals surface area contributed by atoms with Crippen molar-refractivity contribution in [1.29, 1.82) is 0 Å². The van der Waals surface area contributed by atoms with Crippen molar-refractivity contribution in [2.45, 2.75) is 26.2 Å². The third kappa shape index (κ3) is 4.54. The van der Waals surface area contributed by atoms with E-state index in [0.29, 0.717) is 18.8 Å². The van der Waals surface area contributed by atoms with Crippen molar-refractivity contribution >= 4 is 24.0 Å². The van der Waals surface area contributed by atoms with Crippen LogP contribution in [0.5, 0.6) is 0 Å². The number of hydrogen-bond donors (Lipinski definition) is 3. The van der Waals surface area contributed by atoms with Gasteiger partial charge in [-0.3, -0.25) is 9.89 Å². The summed E-state index contributed by atoms with van der Waals surface area (Å²) in [7, 11) is 1.82. The summed E-state index contributed by atoms with van der Waals surface area (Å²) in [6.45, 7) is 4.75. The molecule has 1 heterocycles. The van der Waals surface area contributed by atoms with E-state index in [9.17, 15) is 4.79 Å². The molecular formula is C15H22ClN5O. The Bertz CT molecular complexity index is 611. The monoisotopic (exact) mass is 323 g/mol. The lowest BCUT2D eigenvalue weighted by molar-refractivity contribution is -0.116. The van der Waals surface area contributed by atoms with Gasteiger partial charge >= 0.3 is 0 Å². The minimum absolute atomic E-state index is 0. The number of para-hydroxylation sites is 1. The zero-order chi connectivity index (χ0) is 15.2. The van der Waals surface area contributed by atoms with Gasteiger partial charge in [-0.1, -0.05) is 26.0 Å². The molecule has 0 aliphatic heterocycles. The van der Waals surface area contributed by atoms with E-state index in [1.54, 1.807) is 0 Å². The SMILES string of the molecule is CNCCC(=O)Nc1ccccc1-c1n[nH]c(C(C)C)n1.Cl. The van der Waals surface area contributed by atoms with Crippen LogP contribution in [0.2, 0.25) is 0 Å². The number of nitrogens with one attached hydrogen (secondary N) is 3. The summed E-state index contributed by atoms with van der Waals surface area (Å²) in [5.41, 5.74) is 1.55. The van der Waals surface area contributed by atoms with Crippen molar-refractivity contribution in [3.8, 4) is 11.4 Å². The molecule has 6 nitrogen and oxygen atoms in total. The van der Waals surface area contributed by atoms with Crippen LogP contribution < -0.4 is 10.6 Å². The first-order chi connectivity index (χ1) is 10.1. The van der Waals surface area contributed by atoms with Crippen LogP contribution >= 0.6 is 12.4 Å². The smallest absolute Gasteiger partial charge is 0.225 e. The molecule has 2 rings (SSSR count). The largest absolute Gasteiger partial charge is 0.325 e. The predicted octanol–water partition coefficient (Wildman–Crippen LogP) is 2.56. The molecule has 3 N–H and O–H groups in total. The lowest BCUT2D eigenvalue weighted by atomic mass is 10.1. The Morgan fingerprint density at radius 3 is 2.68 bits per heavy atom. The van der Waals surface area contributed by atoms with Crippen LogP contribution in [0.1, 0.15) is 32.0 Å². The van der Waals surface area contributed by atoms with Crippen LogP contribution in [0, 0.1) is 0 Å². The van der Waals surface area contributed by atoms with Gasteiger partial charge in [-0.25, -0.2) is 4.98 Å². The van der Waals surface area contributed by atoms with E-state index < -0.39 is 0 Å².